The van der Waals surface area contributed by atoms with Crippen LogP contribution in [0, 0.1) is 17.1 Å². The van der Waals surface area contributed by atoms with Gasteiger partial charge in [0.15, 0.2) is 11.5 Å². The molecule has 11 nitrogen and oxygen atoms in total. The number of benzene rings is 2. The van der Waals surface area contributed by atoms with Gasteiger partial charge in [-0.1, -0.05) is 0 Å². The highest BCUT2D eigenvalue weighted by Crippen LogP contribution is 2.43. The molecule has 15 heteroatoms. The average Bonchev–Trinajstić information content (AvgIpc) is 3.27. The molecule has 1 heterocycles. The molecule has 2 aromatic carbocycles. The van der Waals surface area contributed by atoms with Crippen LogP contribution >= 0.6 is 18.9 Å². The van der Waals surface area contributed by atoms with Gasteiger partial charge in [0.05, 0.1) is 18.8 Å². The summed E-state index contributed by atoms with van der Waals surface area (Å²) < 4.78 is 70.8. The highest BCUT2D eigenvalue weighted by Gasteiger charge is 2.27. The standard InChI is InChI=1S/C22H26FN4O7PS2/c23-18-11-17(4-3-15(18)13-26)34-35(28,29)14-27-37(30,31)22-10-16-9-19(32-7-1-5-24)20(12-21(16)36-22)33-8-2-6-25/h3-4,9-12,27H,1-2,5-8,14,24-25H2,(H,28,29). The molecule has 0 saturated carbocycles. The summed E-state index contributed by atoms with van der Waals surface area (Å²) in [6.07, 6.45) is 0.268. The monoisotopic (exact) mass is 572 g/mol. The predicted octanol–water partition coefficient (Wildman–Crippen LogP) is 2.87. The van der Waals surface area contributed by atoms with Gasteiger partial charge >= 0.3 is 7.60 Å². The third kappa shape index (κ3) is 7.86. The van der Waals surface area contributed by atoms with E-state index < -0.39 is 29.7 Å². The minimum atomic E-state index is -4.55. The Labute approximate surface area is 217 Å². The number of nitrogens with zero attached hydrogens (tertiary/aromatic N) is 1. The lowest BCUT2D eigenvalue weighted by Crippen LogP contribution is -2.25. The van der Waals surface area contributed by atoms with Crippen LogP contribution in [0.1, 0.15) is 18.4 Å². The summed E-state index contributed by atoms with van der Waals surface area (Å²) >= 11 is 0.932. The molecule has 6 N–H and O–H groups in total. The predicted molar refractivity (Wildman–Crippen MR) is 137 cm³/mol. The highest BCUT2D eigenvalue weighted by molar-refractivity contribution is 7.92. The summed E-state index contributed by atoms with van der Waals surface area (Å²) in [5, 5.41) is 9.34. The van der Waals surface area contributed by atoms with Crippen molar-refractivity contribution in [1.29, 1.82) is 5.26 Å². The smallest absolute Gasteiger partial charge is 0.391 e. The van der Waals surface area contributed by atoms with Gasteiger partial charge in [-0.25, -0.2) is 17.4 Å². The number of hydrogen-bond donors (Lipinski definition) is 4. The van der Waals surface area contributed by atoms with Crippen molar-refractivity contribution in [2.45, 2.75) is 17.1 Å². The lowest BCUT2D eigenvalue weighted by atomic mass is 10.2. The van der Waals surface area contributed by atoms with E-state index in [1.54, 1.807) is 18.2 Å². The molecule has 0 aliphatic heterocycles. The number of rotatable bonds is 14. The van der Waals surface area contributed by atoms with Gasteiger partial charge in [-0.2, -0.15) is 9.98 Å². The molecule has 0 saturated heterocycles. The third-order valence-corrected chi connectivity index (χ3v) is 9.04. The molecule has 1 atom stereocenters. The van der Waals surface area contributed by atoms with Crippen molar-refractivity contribution >= 4 is 39.0 Å². The second kappa shape index (κ2) is 12.7. The van der Waals surface area contributed by atoms with E-state index in [1.165, 1.54) is 6.07 Å². The van der Waals surface area contributed by atoms with Crippen LogP contribution in [-0.4, -0.2) is 45.9 Å². The van der Waals surface area contributed by atoms with Crippen LogP contribution in [0.25, 0.3) is 10.1 Å². The topological polar surface area (TPSA) is 187 Å². The van der Waals surface area contributed by atoms with E-state index in [4.69, 9.17) is 30.7 Å². The fraction of sp³-hybridized carbons (Fsp3) is 0.318. The quantitative estimate of drug-likeness (QED) is 0.165. The second-order valence-electron chi connectivity index (χ2n) is 7.67. The zero-order chi connectivity index (χ0) is 27.1. The fourth-order valence-electron chi connectivity index (χ4n) is 2.99. The van der Waals surface area contributed by atoms with E-state index in [0.29, 0.717) is 60.7 Å². The number of thiophene rings is 1. The summed E-state index contributed by atoms with van der Waals surface area (Å²) in [4.78, 5) is 10.1. The molecule has 1 aromatic heterocycles. The lowest BCUT2D eigenvalue weighted by Gasteiger charge is -2.14. The summed E-state index contributed by atoms with van der Waals surface area (Å²) in [5.74, 6) is -0.411. The maximum Gasteiger partial charge on any atom is 0.391 e. The van der Waals surface area contributed by atoms with E-state index >= 15 is 0 Å². The molecular formula is C22H26FN4O7PS2. The van der Waals surface area contributed by atoms with Crippen LogP contribution in [0.5, 0.6) is 17.2 Å². The molecule has 0 amide bonds. The third-order valence-electron chi connectivity index (χ3n) is 4.80. The van der Waals surface area contributed by atoms with Crippen molar-refractivity contribution in [2.75, 3.05) is 32.6 Å². The van der Waals surface area contributed by atoms with E-state index in [-0.39, 0.29) is 15.5 Å². The van der Waals surface area contributed by atoms with Crippen molar-refractivity contribution in [1.82, 2.24) is 4.72 Å². The first-order valence-corrected chi connectivity index (χ1v) is 15.1. The molecule has 3 aromatic rings. The van der Waals surface area contributed by atoms with Gasteiger partial charge in [0.2, 0.25) is 0 Å². The SMILES string of the molecule is N#Cc1ccc(OP(=O)(O)CNS(=O)(=O)c2cc3cc(OCCCN)c(OCCCN)cc3s2)cc1F. The molecule has 0 bridgehead atoms. The van der Waals surface area contributed by atoms with Gasteiger partial charge in [0.1, 0.15) is 28.1 Å². The van der Waals surface area contributed by atoms with E-state index in [0.717, 1.165) is 29.5 Å². The number of nitrogens with one attached hydrogen (secondary N) is 1. The van der Waals surface area contributed by atoms with Crippen LogP contribution < -0.4 is 30.2 Å². The summed E-state index contributed by atoms with van der Waals surface area (Å²) in [6, 6.07) is 9.30. The Morgan fingerprint density at radius 1 is 1.08 bits per heavy atom. The normalized spacial score (nSPS) is 13.2. The number of sulfonamides is 1. The van der Waals surface area contributed by atoms with Gasteiger partial charge in [0, 0.05) is 16.8 Å². The number of fused-ring (bicyclic) bond motifs is 1. The fourth-order valence-corrected chi connectivity index (χ4v) is 6.94. The molecule has 0 radical (unpaired) electrons. The zero-order valence-electron chi connectivity index (χ0n) is 19.6. The largest absolute Gasteiger partial charge is 0.490 e. The molecule has 0 spiro atoms. The molecule has 0 fully saturated rings. The van der Waals surface area contributed by atoms with Crippen molar-refractivity contribution in [3.05, 3.63) is 47.8 Å². The maximum absolute atomic E-state index is 13.7. The van der Waals surface area contributed by atoms with E-state index in [1.807, 2.05) is 0 Å². The van der Waals surface area contributed by atoms with Crippen molar-refractivity contribution in [2.24, 2.45) is 11.5 Å². The summed E-state index contributed by atoms with van der Waals surface area (Å²) in [6.45, 7) is 1.58. The summed E-state index contributed by atoms with van der Waals surface area (Å²) in [7, 11) is -8.76. The first kappa shape index (κ1) is 28.8. The Morgan fingerprint density at radius 3 is 2.32 bits per heavy atom. The molecule has 0 aliphatic rings. The van der Waals surface area contributed by atoms with Crippen molar-refractivity contribution in [3.8, 4) is 23.3 Å². The van der Waals surface area contributed by atoms with Crippen LogP contribution in [0.2, 0.25) is 0 Å². The zero-order valence-corrected chi connectivity index (χ0v) is 22.1. The molecule has 1 unspecified atom stereocenters. The van der Waals surface area contributed by atoms with Crippen molar-refractivity contribution < 1.29 is 36.3 Å². The van der Waals surface area contributed by atoms with Gasteiger partial charge in [-0.15, -0.1) is 11.3 Å². The van der Waals surface area contributed by atoms with Gasteiger partial charge < -0.3 is 30.4 Å². The van der Waals surface area contributed by atoms with Gasteiger partial charge in [-0.05, 0) is 55.6 Å². The number of ether oxygens (including phenoxy) is 2. The number of nitriles is 1. The Balaban J connectivity index is 1.77. The van der Waals surface area contributed by atoms with Gasteiger partial charge in [-0.3, -0.25) is 0 Å². The van der Waals surface area contributed by atoms with Crippen LogP contribution in [0.3, 0.4) is 0 Å². The first-order valence-electron chi connectivity index (χ1n) is 11.0. The Morgan fingerprint density at radius 2 is 1.73 bits per heavy atom. The van der Waals surface area contributed by atoms with E-state index in [2.05, 4.69) is 4.72 Å². The van der Waals surface area contributed by atoms with Gasteiger partial charge in [0.25, 0.3) is 10.0 Å². The van der Waals surface area contributed by atoms with Crippen LogP contribution in [-0.2, 0) is 14.6 Å². The molecule has 3 rings (SSSR count). The van der Waals surface area contributed by atoms with Crippen LogP contribution in [0.4, 0.5) is 4.39 Å². The summed E-state index contributed by atoms with van der Waals surface area (Å²) in [5.41, 5.74) is 10.8. The second-order valence-corrected chi connectivity index (χ2v) is 12.5. The van der Waals surface area contributed by atoms with Crippen LogP contribution in [0.15, 0.2) is 40.6 Å². The first-order chi connectivity index (χ1) is 17.6. The molecule has 37 heavy (non-hydrogen) atoms. The number of nitrogens with two attached hydrogens (primary N) is 2. The number of halogens is 1. The average molecular weight is 573 g/mol. The number of hydrogen-bond acceptors (Lipinski definition) is 10. The molecular weight excluding hydrogens is 546 g/mol. The molecule has 200 valence electrons. The Hall–Kier alpha value is -2.76. The Bertz CT molecular complexity index is 1400. The minimum Gasteiger partial charge on any atom is -0.490 e. The van der Waals surface area contributed by atoms with Crippen molar-refractivity contribution in [3.63, 3.8) is 0 Å². The minimum absolute atomic E-state index is 0.112. The molecule has 0 aliphatic carbocycles. The maximum atomic E-state index is 13.7. The Kier molecular flexibility index (Phi) is 9.86. The highest BCUT2D eigenvalue weighted by atomic mass is 32.2. The lowest BCUT2D eigenvalue weighted by molar-refractivity contribution is 0.266. The van der Waals surface area contributed by atoms with E-state index in [9.17, 15) is 22.3 Å².